The second-order valence-corrected chi connectivity index (χ2v) is 8.47. The maximum atomic E-state index is 13.2. The van der Waals surface area contributed by atoms with E-state index in [-0.39, 0.29) is 5.91 Å². The van der Waals surface area contributed by atoms with Gasteiger partial charge in [-0.3, -0.25) is 20.1 Å². The Hall–Kier alpha value is -4.10. The van der Waals surface area contributed by atoms with Gasteiger partial charge in [-0.2, -0.15) is 0 Å². The molecule has 3 heterocycles. The number of amides is 1. The summed E-state index contributed by atoms with van der Waals surface area (Å²) in [5, 5.41) is 3.47. The predicted molar refractivity (Wildman–Crippen MR) is 132 cm³/mol. The first-order valence-corrected chi connectivity index (χ1v) is 11.2. The Morgan fingerprint density at radius 3 is 2.64 bits per heavy atom. The molecule has 0 fully saturated rings. The van der Waals surface area contributed by atoms with Gasteiger partial charge in [0.05, 0.1) is 28.6 Å². The van der Waals surface area contributed by atoms with Crippen LogP contribution in [0, 0.1) is 6.92 Å². The Labute approximate surface area is 195 Å². The molecule has 0 atom stereocenters. The van der Waals surface area contributed by atoms with Gasteiger partial charge in [0.25, 0.3) is 5.91 Å². The van der Waals surface area contributed by atoms with Gasteiger partial charge in [0, 0.05) is 34.8 Å². The lowest BCUT2D eigenvalue weighted by atomic mass is 9.99. The number of thiazole rings is 1. The number of hydrogen-bond donors (Lipinski definition) is 1. The molecule has 0 aliphatic carbocycles. The summed E-state index contributed by atoms with van der Waals surface area (Å²) >= 11 is 1.43. The summed E-state index contributed by atoms with van der Waals surface area (Å²) < 4.78 is 6.49. The quantitative estimate of drug-likeness (QED) is 0.354. The highest BCUT2D eigenvalue weighted by molar-refractivity contribution is 7.22. The number of nitrogens with one attached hydrogen (secondary N) is 1. The lowest BCUT2D eigenvalue weighted by molar-refractivity contribution is 0.102. The molecule has 2 aromatic carbocycles. The van der Waals surface area contributed by atoms with E-state index in [0.29, 0.717) is 16.4 Å². The van der Waals surface area contributed by atoms with Crippen LogP contribution in [0.2, 0.25) is 0 Å². The number of rotatable bonds is 5. The largest absolute Gasteiger partial charge is 0.496 e. The summed E-state index contributed by atoms with van der Waals surface area (Å²) in [4.78, 5) is 26.6. The van der Waals surface area contributed by atoms with Crippen LogP contribution in [0.4, 0.5) is 5.13 Å². The van der Waals surface area contributed by atoms with Gasteiger partial charge in [0.15, 0.2) is 5.13 Å². The highest BCUT2D eigenvalue weighted by atomic mass is 32.1. The maximum absolute atomic E-state index is 13.2. The smallest absolute Gasteiger partial charge is 0.259 e. The monoisotopic (exact) mass is 452 g/mol. The van der Waals surface area contributed by atoms with Gasteiger partial charge in [0.1, 0.15) is 5.75 Å². The van der Waals surface area contributed by atoms with E-state index in [0.717, 1.165) is 38.3 Å². The molecule has 1 amide bonds. The Bertz CT molecular complexity index is 1460. The van der Waals surface area contributed by atoms with Gasteiger partial charge < -0.3 is 4.74 Å². The van der Waals surface area contributed by atoms with Crippen LogP contribution in [0.3, 0.4) is 0 Å². The molecule has 0 aliphatic heterocycles. The number of benzene rings is 2. The van der Waals surface area contributed by atoms with Crippen LogP contribution >= 0.6 is 11.3 Å². The lowest BCUT2D eigenvalue weighted by Gasteiger charge is -2.13. The Kier molecular flexibility index (Phi) is 5.54. The molecule has 162 valence electrons. The summed E-state index contributed by atoms with van der Waals surface area (Å²) in [6.07, 6.45) is 3.37. The average molecular weight is 453 g/mol. The minimum atomic E-state index is -0.271. The SMILES string of the molecule is COc1ccccc1-c1cc(C)ncc1C(=O)Nc1nc2ccc(-c3ccccn3)cc2s1. The number of carbonyl (C=O) groups is 1. The first-order chi connectivity index (χ1) is 16.1. The van der Waals surface area contributed by atoms with Crippen LogP contribution in [0.15, 0.2) is 79.1 Å². The van der Waals surface area contributed by atoms with Crippen molar-refractivity contribution in [3.05, 3.63) is 90.4 Å². The molecule has 0 aliphatic rings. The van der Waals surface area contributed by atoms with E-state index in [1.807, 2.05) is 73.7 Å². The van der Waals surface area contributed by atoms with Crippen LogP contribution in [0.5, 0.6) is 5.75 Å². The number of carbonyl (C=O) groups excluding carboxylic acids is 1. The molecule has 0 unspecified atom stereocenters. The van der Waals surface area contributed by atoms with Gasteiger partial charge in [-0.15, -0.1) is 0 Å². The number of methoxy groups -OCH3 is 1. The summed E-state index contributed by atoms with van der Waals surface area (Å²) in [6, 6.07) is 21.3. The lowest BCUT2D eigenvalue weighted by Crippen LogP contribution is -2.14. The molecule has 0 radical (unpaired) electrons. The Morgan fingerprint density at radius 2 is 1.82 bits per heavy atom. The standard InChI is InChI=1S/C26H20N4O2S/c1-16-13-19(18-7-3-4-9-23(18)32-2)20(15-28-16)25(31)30-26-29-22-11-10-17(14-24(22)33-26)21-8-5-6-12-27-21/h3-15H,1-2H3,(H,29,30,31). The summed E-state index contributed by atoms with van der Waals surface area (Å²) in [7, 11) is 1.62. The third-order valence-corrected chi connectivity index (χ3v) is 6.19. The molecular formula is C26H20N4O2S. The minimum Gasteiger partial charge on any atom is -0.496 e. The van der Waals surface area contributed by atoms with Crippen molar-refractivity contribution >= 4 is 32.6 Å². The highest BCUT2D eigenvalue weighted by Crippen LogP contribution is 2.34. The molecule has 6 nitrogen and oxygen atoms in total. The number of anilines is 1. The Balaban J connectivity index is 1.48. The fraction of sp³-hybridized carbons (Fsp3) is 0.0769. The predicted octanol–water partition coefficient (Wildman–Crippen LogP) is 5.99. The molecule has 0 bridgehead atoms. The van der Waals surface area contributed by atoms with Crippen LogP contribution in [-0.4, -0.2) is 28.0 Å². The second kappa shape index (κ2) is 8.80. The molecular weight excluding hydrogens is 432 g/mol. The highest BCUT2D eigenvalue weighted by Gasteiger charge is 2.18. The van der Waals surface area contributed by atoms with Gasteiger partial charge in [-0.05, 0) is 43.3 Å². The number of aromatic nitrogens is 3. The number of pyridine rings is 2. The van der Waals surface area contributed by atoms with E-state index in [1.54, 1.807) is 19.5 Å². The number of fused-ring (bicyclic) bond motifs is 1. The fourth-order valence-corrected chi connectivity index (χ4v) is 4.57. The minimum absolute atomic E-state index is 0.271. The van der Waals surface area contributed by atoms with Gasteiger partial charge in [0.2, 0.25) is 0 Å². The van der Waals surface area contributed by atoms with Crippen molar-refractivity contribution in [1.82, 2.24) is 15.0 Å². The van der Waals surface area contributed by atoms with Crippen molar-refractivity contribution in [2.45, 2.75) is 6.92 Å². The third-order valence-electron chi connectivity index (χ3n) is 5.25. The zero-order valence-electron chi connectivity index (χ0n) is 18.1. The Morgan fingerprint density at radius 1 is 0.970 bits per heavy atom. The summed E-state index contributed by atoms with van der Waals surface area (Å²) in [5.41, 5.74) is 5.59. The number of hydrogen-bond acceptors (Lipinski definition) is 6. The molecule has 0 saturated heterocycles. The average Bonchev–Trinajstić information content (AvgIpc) is 3.25. The molecule has 5 rings (SSSR count). The zero-order chi connectivity index (χ0) is 22.8. The molecule has 33 heavy (non-hydrogen) atoms. The van der Waals surface area contributed by atoms with E-state index in [4.69, 9.17) is 4.74 Å². The first-order valence-electron chi connectivity index (χ1n) is 10.4. The van der Waals surface area contributed by atoms with E-state index in [2.05, 4.69) is 20.3 Å². The second-order valence-electron chi connectivity index (χ2n) is 7.44. The van der Waals surface area contributed by atoms with Gasteiger partial charge >= 0.3 is 0 Å². The maximum Gasteiger partial charge on any atom is 0.259 e. The summed E-state index contributed by atoms with van der Waals surface area (Å²) in [6.45, 7) is 1.90. The number of aryl methyl sites for hydroxylation is 1. The summed E-state index contributed by atoms with van der Waals surface area (Å²) in [5.74, 6) is 0.423. The zero-order valence-corrected chi connectivity index (χ0v) is 18.9. The molecule has 3 aromatic heterocycles. The molecule has 0 spiro atoms. The molecule has 5 aromatic rings. The van der Waals surface area contributed by atoms with Crippen LogP contribution in [0.25, 0.3) is 32.6 Å². The van der Waals surface area contributed by atoms with Crippen LogP contribution in [-0.2, 0) is 0 Å². The van der Waals surface area contributed by atoms with Gasteiger partial charge in [-0.25, -0.2) is 4.98 Å². The first kappa shape index (κ1) is 20.8. The van der Waals surface area contributed by atoms with Crippen molar-refractivity contribution in [1.29, 1.82) is 0 Å². The number of para-hydroxylation sites is 1. The van der Waals surface area contributed by atoms with E-state index >= 15 is 0 Å². The van der Waals surface area contributed by atoms with Crippen molar-refractivity contribution in [2.75, 3.05) is 12.4 Å². The van der Waals surface area contributed by atoms with Crippen molar-refractivity contribution in [2.24, 2.45) is 0 Å². The van der Waals surface area contributed by atoms with E-state index < -0.39 is 0 Å². The topological polar surface area (TPSA) is 77.0 Å². The van der Waals surface area contributed by atoms with E-state index in [9.17, 15) is 4.79 Å². The van der Waals surface area contributed by atoms with Crippen LogP contribution in [0.1, 0.15) is 16.1 Å². The fourth-order valence-electron chi connectivity index (χ4n) is 3.67. The number of ether oxygens (including phenoxy) is 1. The van der Waals surface area contributed by atoms with Crippen LogP contribution < -0.4 is 10.1 Å². The van der Waals surface area contributed by atoms with Crippen molar-refractivity contribution in [3.63, 3.8) is 0 Å². The number of nitrogens with zero attached hydrogens (tertiary/aromatic N) is 3. The normalized spacial score (nSPS) is 10.8. The van der Waals surface area contributed by atoms with Gasteiger partial charge in [-0.1, -0.05) is 41.7 Å². The molecule has 7 heteroatoms. The van der Waals surface area contributed by atoms with E-state index in [1.165, 1.54) is 11.3 Å². The van der Waals surface area contributed by atoms with Crippen molar-refractivity contribution < 1.29 is 9.53 Å². The molecule has 1 N–H and O–H groups in total. The third kappa shape index (κ3) is 4.18. The van der Waals surface area contributed by atoms with Crippen molar-refractivity contribution in [3.8, 4) is 28.1 Å². The molecule has 0 saturated carbocycles.